The molecule has 0 spiro atoms. The van der Waals surface area contributed by atoms with E-state index in [-0.39, 0.29) is 6.04 Å². The van der Waals surface area contributed by atoms with Gasteiger partial charge in [-0.25, -0.2) is 0 Å². The van der Waals surface area contributed by atoms with Crippen molar-refractivity contribution in [2.24, 2.45) is 5.73 Å². The maximum absolute atomic E-state index is 5.87. The first-order chi connectivity index (χ1) is 10.2. The third-order valence-electron chi connectivity index (χ3n) is 2.94. The van der Waals surface area contributed by atoms with E-state index in [9.17, 15) is 0 Å². The summed E-state index contributed by atoms with van der Waals surface area (Å²) in [5, 5.41) is 0. The molecule has 1 aromatic carbocycles. The molecule has 0 heterocycles. The summed E-state index contributed by atoms with van der Waals surface area (Å²) in [6, 6.07) is 5.94. The van der Waals surface area contributed by atoms with Gasteiger partial charge in [0.2, 0.25) is 0 Å². The third kappa shape index (κ3) is 7.32. The minimum atomic E-state index is 0.0955. The molecule has 0 fully saturated rings. The maximum atomic E-state index is 5.87. The quantitative estimate of drug-likeness (QED) is 0.633. The number of methoxy groups -OCH3 is 2. The molecular weight excluding hydrogens is 270 g/mol. The molecule has 0 saturated heterocycles. The van der Waals surface area contributed by atoms with Gasteiger partial charge in [0.15, 0.2) is 0 Å². The monoisotopic (exact) mass is 297 g/mol. The Kier molecular flexibility index (Phi) is 8.82. The first-order valence-electron chi connectivity index (χ1n) is 7.29. The van der Waals surface area contributed by atoms with Crippen LogP contribution in [-0.4, -0.2) is 46.7 Å². The van der Waals surface area contributed by atoms with Crippen LogP contribution in [0.5, 0.6) is 11.5 Å². The first kappa shape index (κ1) is 17.8. The van der Waals surface area contributed by atoms with Crippen molar-refractivity contribution in [3.05, 3.63) is 23.8 Å². The Morgan fingerprint density at radius 3 is 2.57 bits per heavy atom. The molecule has 1 atom stereocenters. The van der Waals surface area contributed by atoms with E-state index in [0.717, 1.165) is 29.9 Å². The first-order valence-corrected chi connectivity index (χ1v) is 7.29. The predicted molar refractivity (Wildman–Crippen MR) is 83.2 cm³/mol. The largest absolute Gasteiger partial charge is 0.497 e. The predicted octanol–water partition coefficient (Wildman–Crippen LogP) is 2.02. The number of hydrogen-bond acceptors (Lipinski definition) is 5. The fourth-order valence-electron chi connectivity index (χ4n) is 1.90. The fourth-order valence-corrected chi connectivity index (χ4v) is 1.90. The van der Waals surface area contributed by atoms with Crippen LogP contribution in [0.1, 0.15) is 18.9 Å². The molecule has 0 aromatic heterocycles. The lowest BCUT2D eigenvalue weighted by Gasteiger charge is -2.14. The van der Waals surface area contributed by atoms with Gasteiger partial charge in [0.05, 0.1) is 26.9 Å². The Morgan fingerprint density at radius 1 is 1.10 bits per heavy atom. The van der Waals surface area contributed by atoms with Crippen LogP contribution in [0.4, 0.5) is 0 Å². The van der Waals surface area contributed by atoms with Gasteiger partial charge in [-0.15, -0.1) is 0 Å². The molecule has 5 nitrogen and oxygen atoms in total. The molecule has 0 aliphatic heterocycles. The molecule has 0 aliphatic carbocycles. The van der Waals surface area contributed by atoms with Gasteiger partial charge in [0.1, 0.15) is 11.5 Å². The number of hydrogen-bond donors (Lipinski definition) is 1. The summed E-state index contributed by atoms with van der Waals surface area (Å²) in [6.45, 7) is 4.49. The number of benzene rings is 1. The molecule has 1 aromatic rings. The van der Waals surface area contributed by atoms with E-state index in [1.165, 1.54) is 0 Å². The Labute approximate surface area is 127 Å². The van der Waals surface area contributed by atoms with Gasteiger partial charge in [0, 0.05) is 32.2 Å². The average Bonchev–Trinajstić information content (AvgIpc) is 2.47. The number of nitrogens with two attached hydrogens (primary N) is 1. The van der Waals surface area contributed by atoms with Crippen LogP contribution in [0.25, 0.3) is 0 Å². The van der Waals surface area contributed by atoms with E-state index in [1.54, 1.807) is 14.2 Å². The van der Waals surface area contributed by atoms with E-state index in [1.807, 2.05) is 25.1 Å². The number of rotatable bonds is 11. The van der Waals surface area contributed by atoms with Gasteiger partial charge < -0.3 is 24.7 Å². The topological polar surface area (TPSA) is 62.9 Å². The smallest absolute Gasteiger partial charge is 0.126 e. The maximum Gasteiger partial charge on any atom is 0.126 e. The zero-order chi connectivity index (χ0) is 15.5. The zero-order valence-corrected chi connectivity index (χ0v) is 13.3. The summed E-state index contributed by atoms with van der Waals surface area (Å²) in [7, 11) is 3.31. The molecule has 120 valence electrons. The zero-order valence-electron chi connectivity index (χ0n) is 13.3. The Bertz CT molecular complexity index is 396. The highest BCUT2D eigenvalue weighted by Gasteiger charge is 2.08. The highest BCUT2D eigenvalue weighted by atomic mass is 16.5. The van der Waals surface area contributed by atoms with Gasteiger partial charge in [-0.2, -0.15) is 0 Å². The van der Waals surface area contributed by atoms with Crippen LogP contribution in [0.2, 0.25) is 0 Å². The van der Waals surface area contributed by atoms with E-state index < -0.39 is 0 Å². The lowest BCUT2D eigenvalue weighted by molar-refractivity contribution is 0.0644. The summed E-state index contributed by atoms with van der Waals surface area (Å²) in [4.78, 5) is 0. The van der Waals surface area contributed by atoms with Crippen LogP contribution in [0.3, 0.4) is 0 Å². The molecular formula is C16H27NO4. The van der Waals surface area contributed by atoms with Crippen molar-refractivity contribution in [2.75, 3.05) is 40.6 Å². The van der Waals surface area contributed by atoms with Crippen molar-refractivity contribution in [1.29, 1.82) is 0 Å². The molecule has 5 heteroatoms. The second-order valence-electron chi connectivity index (χ2n) is 4.96. The molecule has 0 bridgehead atoms. The Balaban J connectivity index is 2.43. The normalized spacial score (nSPS) is 12.2. The van der Waals surface area contributed by atoms with Gasteiger partial charge in [-0.3, -0.25) is 0 Å². The van der Waals surface area contributed by atoms with Crippen molar-refractivity contribution < 1.29 is 18.9 Å². The van der Waals surface area contributed by atoms with Gasteiger partial charge in [-0.05, 0) is 25.0 Å². The SMILES string of the molecule is COCCOCCCOc1cc(OC)ccc1CC(C)N. The van der Waals surface area contributed by atoms with Crippen LogP contribution in [-0.2, 0) is 15.9 Å². The molecule has 0 aliphatic rings. The lowest BCUT2D eigenvalue weighted by atomic mass is 10.1. The van der Waals surface area contributed by atoms with Crippen molar-refractivity contribution in [2.45, 2.75) is 25.8 Å². The molecule has 0 amide bonds. The summed E-state index contributed by atoms with van der Waals surface area (Å²) < 4.78 is 21.4. The third-order valence-corrected chi connectivity index (χ3v) is 2.94. The molecule has 21 heavy (non-hydrogen) atoms. The average molecular weight is 297 g/mol. The summed E-state index contributed by atoms with van der Waals surface area (Å²) in [5.74, 6) is 1.62. The van der Waals surface area contributed by atoms with E-state index in [4.69, 9.17) is 24.7 Å². The minimum Gasteiger partial charge on any atom is -0.497 e. The van der Waals surface area contributed by atoms with Crippen molar-refractivity contribution in [3.63, 3.8) is 0 Å². The molecule has 0 radical (unpaired) electrons. The van der Waals surface area contributed by atoms with Crippen LogP contribution in [0.15, 0.2) is 18.2 Å². The second kappa shape index (κ2) is 10.4. The fraction of sp³-hybridized carbons (Fsp3) is 0.625. The minimum absolute atomic E-state index is 0.0955. The van der Waals surface area contributed by atoms with E-state index in [0.29, 0.717) is 26.4 Å². The van der Waals surface area contributed by atoms with Crippen molar-refractivity contribution in [1.82, 2.24) is 0 Å². The van der Waals surface area contributed by atoms with Crippen LogP contribution >= 0.6 is 0 Å². The van der Waals surface area contributed by atoms with Crippen molar-refractivity contribution in [3.8, 4) is 11.5 Å². The van der Waals surface area contributed by atoms with Crippen LogP contribution < -0.4 is 15.2 Å². The van der Waals surface area contributed by atoms with Crippen LogP contribution in [0, 0.1) is 0 Å². The van der Waals surface area contributed by atoms with Gasteiger partial charge in [-0.1, -0.05) is 6.07 Å². The van der Waals surface area contributed by atoms with Crippen molar-refractivity contribution >= 4 is 0 Å². The lowest BCUT2D eigenvalue weighted by Crippen LogP contribution is -2.18. The van der Waals surface area contributed by atoms with Gasteiger partial charge >= 0.3 is 0 Å². The summed E-state index contributed by atoms with van der Waals surface area (Å²) in [6.07, 6.45) is 1.61. The standard InChI is InChI=1S/C16H27NO4/c1-13(17)11-14-5-6-15(19-3)12-16(14)21-8-4-7-20-10-9-18-2/h5-6,12-13H,4,7-11,17H2,1-3H3. The Morgan fingerprint density at radius 2 is 1.90 bits per heavy atom. The second-order valence-corrected chi connectivity index (χ2v) is 4.96. The Hall–Kier alpha value is -1.30. The molecule has 1 unspecified atom stereocenters. The molecule has 1 rings (SSSR count). The van der Waals surface area contributed by atoms with E-state index >= 15 is 0 Å². The number of ether oxygens (including phenoxy) is 4. The summed E-state index contributed by atoms with van der Waals surface area (Å²) >= 11 is 0. The molecule has 2 N–H and O–H groups in total. The van der Waals surface area contributed by atoms with Gasteiger partial charge in [0.25, 0.3) is 0 Å². The van der Waals surface area contributed by atoms with E-state index in [2.05, 4.69) is 0 Å². The molecule has 0 saturated carbocycles. The highest BCUT2D eigenvalue weighted by molar-refractivity contribution is 5.41. The summed E-state index contributed by atoms with van der Waals surface area (Å²) in [5.41, 5.74) is 6.97. The highest BCUT2D eigenvalue weighted by Crippen LogP contribution is 2.26.